The molecule has 3 aromatic rings. The molecule has 0 aliphatic heterocycles. The topological polar surface area (TPSA) is 68.5 Å². The van der Waals surface area contributed by atoms with Crippen LogP contribution in [-0.4, -0.2) is 22.9 Å². The standard InChI is InChI=1S/C21H21NO4S/c1-14-7-9-17(10-8-14)22-20(23)13-27-15(2)21(24)25-12-18-11-16-5-3-4-6-19(16)26-18/h3-11,15H,12-13H2,1-2H3,(H,22,23). The fourth-order valence-corrected chi connectivity index (χ4v) is 3.15. The van der Waals surface area contributed by atoms with Crippen molar-refractivity contribution in [2.75, 3.05) is 11.1 Å². The summed E-state index contributed by atoms with van der Waals surface area (Å²) in [6.07, 6.45) is 0. The summed E-state index contributed by atoms with van der Waals surface area (Å²) in [4.78, 5) is 24.1. The minimum atomic E-state index is -0.446. The maximum atomic E-state index is 12.1. The van der Waals surface area contributed by atoms with Gasteiger partial charge in [0, 0.05) is 11.1 Å². The lowest BCUT2D eigenvalue weighted by molar-refractivity contribution is -0.144. The summed E-state index contributed by atoms with van der Waals surface area (Å²) in [5.41, 5.74) is 2.63. The van der Waals surface area contributed by atoms with E-state index < -0.39 is 5.25 Å². The van der Waals surface area contributed by atoms with Crippen LogP contribution in [0.15, 0.2) is 59.0 Å². The number of nitrogens with one attached hydrogen (secondary N) is 1. The van der Waals surface area contributed by atoms with Crippen LogP contribution in [-0.2, 0) is 20.9 Å². The van der Waals surface area contributed by atoms with E-state index in [0.717, 1.165) is 22.2 Å². The fraction of sp³-hybridized carbons (Fsp3) is 0.238. The first-order valence-electron chi connectivity index (χ1n) is 8.63. The number of carbonyl (C=O) groups excluding carboxylic acids is 2. The van der Waals surface area contributed by atoms with Crippen molar-refractivity contribution in [1.82, 2.24) is 0 Å². The Morgan fingerprint density at radius 1 is 1.15 bits per heavy atom. The Bertz CT molecular complexity index is 900. The molecule has 1 aromatic heterocycles. The number of benzene rings is 2. The quantitative estimate of drug-likeness (QED) is 0.607. The van der Waals surface area contributed by atoms with Gasteiger partial charge in [-0.25, -0.2) is 0 Å². The first-order chi connectivity index (χ1) is 13.0. The first kappa shape index (κ1) is 19.0. The van der Waals surface area contributed by atoms with E-state index in [2.05, 4.69) is 5.32 Å². The zero-order valence-corrected chi connectivity index (χ0v) is 16.0. The zero-order chi connectivity index (χ0) is 19.2. The molecule has 0 aliphatic carbocycles. The number of anilines is 1. The number of aryl methyl sites for hydroxylation is 1. The Kier molecular flexibility index (Phi) is 6.19. The molecule has 5 nitrogen and oxygen atoms in total. The van der Waals surface area contributed by atoms with E-state index >= 15 is 0 Å². The molecule has 0 aliphatic rings. The summed E-state index contributed by atoms with van der Waals surface area (Å²) < 4.78 is 10.9. The second-order valence-corrected chi connectivity index (χ2v) is 7.55. The number of ether oxygens (including phenoxy) is 1. The van der Waals surface area contributed by atoms with Gasteiger partial charge in [0.1, 0.15) is 23.2 Å². The number of furan rings is 1. The molecule has 0 fully saturated rings. The Labute approximate surface area is 162 Å². The number of amides is 1. The molecule has 0 saturated heterocycles. The average molecular weight is 383 g/mol. The van der Waals surface area contributed by atoms with Gasteiger partial charge in [0.15, 0.2) is 0 Å². The van der Waals surface area contributed by atoms with Crippen LogP contribution >= 0.6 is 11.8 Å². The molecule has 1 heterocycles. The highest BCUT2D eigenvalue weighted by Gasteiger charge is 2.17. The van der Waals surface area contributed by atoms with Gasteiger partial charge in [-0.15, -0.1) is 11.8 Å². The molecule has 0 saturated carbocycles. The molecule has 0 spiro atoms. The summed E-state index contributed by atoms with van der Waals surface area (Å²) in [7, 11) is 0. The predicted octanol–water partition coefficient (Wildman–Crippen LogP) is 4.54. The zero-order valence-electron chi connectivity index (χ0n) is 15.2. The van der Waals surface area contributed by atoms with E-state index in [4.69, 9.17) is 9.15 Å². The molecule has 1 atom stereocenters. The lowest BCUT2D eigenvalue weighted by atomic mass is 10.2. The van der Waals surface area contributed by atoms with Crippen molar-refractivity contribution in [1.29, 1.82) is 0 Å². The Hall–Kier alpha value is -2.73. The van der Waals surface area contributed by atoms with Crippen molar-refractivity contribution in [2.24, 2.45) is 0 Å². The number of carbonyl (C=O) groups is 2. The van der Waals surface area contributed by atoms with Crippen molar-refractivity contribution >= 4 is 40.3 Å². The van der Waals surface area contributed by atoms with Crippen LogP contribution in [0.2, 0.25) is 0 Å². The molecule has 0 radical (unpaired) electrons. The number of hydrogen-bond donors (Lipinski definition) is 1. The maximum Gasteiger partial charge on any atom is 0.319 e. The van der Waals surface area contributed by atoms with Gasteiger partial charge in [-0.2, -0.15) is 0 Å². The van der Waals surface area contributed by atoms with Crippen molar-refractivity contribution in [3.8, 4) is 0 Å². The number of fused-ring (bicyclic) bond motifs is 1. The van der Waals surface area contributed by atoms with Crippen LogP contribution < -0.4 is 5.32 Å². The lowest BCUT2D eigenvalue weighted by Crippen LogP contribution is -2.21. The molecule has 6 heteroatoms. The minimum absolute atomic E-state index is 0.0774. The van der Waals surface area contributed by atoms with Gasteiger partial charge in [-0.3, -0.25) is 9.59 Å². The molecule has 1 unspecified atom stereocenters. The maximum absolute atomic E-state index is 12.1. The monoisotopic (exact) mass is 383 g/mol. The third kappa shape index (κ3) is 5.37. The summed E-state index contributed by atoms with van der Waals surface area (Å²) in [5, 5.41) is 3.33. The highest BCUT2D eigenvalue weighted by atomic mass is 32.2. The van der Waals surface area contributed by atoms with Crippen LogP contribution in [0, 0.1) is 6.92 Å². The normalized spacial score (nSPS) is 11.9. The van der Waals surface area contributed by atoms with Crippen molar-refractivity contribution < 1.29 is 18.7 Å². The molecular formula is C21H21NO4S. The summed E-state index contributed by atoms with van der Waals surface area (Å²) in [6.45, 7) is 3.79. The van der Waals surface area contributed by atoms with Gasteiger partial charge in [0.25, 0.3) is 0 Å². The summed E-state index contributed by atoms with van der Waals surface area (Å²) >= 11 is 1.24. The fourth-order valence-electron chi connectivity index (χ4n) is 2.47. The van der Waals surface area contributed by atoms with Gasteiger partial charge in [0.05, 0.1) is 5.75 Å². The molecule has 0 bridgehead atoms. The van der Waals surface area contributed by atoms with E-state index in [9.17, 15) is 9.59 Å². The number of rotatable bonds is 7. The van der Waals surface area contributed by atoms with Crippen LogP contribution in [0.5, 0.6) is 0 Å². The average Bonchev–Trinajstić information content (AvgIpc) is 3.09. The van der Waals surface area contributed by atoms with E-state index in [1.54, 1.807) is 6.92 Å². The number of para-hydroxylation sites is 1. The third-order valence-corrected chi connectivity index (χ3v) is 5.09. The van der Waals surface area contributed by atoms with E-state index in [1.165, 1.54) is 11.8 Å². The first-order valence-corrected chi connectivity index (χ1v) is 9.68. The summed E-state index contributed by atoms with van der Waals surface area (Å²) in [6, 6.07) is 17.0. The highest BCUT2D eigenvalue weighted by Crippen LogP contribution is 2.20. The van der Waals surface area contributed by atoms with Crippen LogP contribution in [0.1, 0.15) is 18.2 Å². The van der Waals surface area contributed by atoms with E-state index in [-0.39, 0.29) is 24.2 Å². The number of hydrogen-bond acceptors (Lipinski definition) is 5. The Balaban J connectivity index is 1.43. The van der Waals surface area contributed by atoms with Crippen LogP contribution in [0.3, 0.4) is 0 Å². The summed E-state index contributed by atoms with van der Waals surface area (Å²) in [5.74, 6) is 0.248. The van der Waals surface area contributed by atoms with Gasteiger partial charge >= 0.3 is 5.97 Å². The second kappa shape index (κ2) is 8.77. The van der Waals surface area contributed by atoms with Crippen molar-refractivity contribution in [2.45, 2.75) is 25.7 Å². The highest BCUT2D eigenvalue weighted by molar-refractivity contribution is 8.01. The molecular weight excluding hydrogens is 362 g/mol. The molecule has 3 rings (SSSR count). The SMILES string of the molecule is Cc1ccc(NC(=O)CSC(C)C(=O)OCc2cc3ccccc3o2)cc1. The second-order valence-electron chi connectivity index (χ2n) is 6.23. The van der Waals surface area contributed by atoms with Crippen molar-refractivity contribution in [3.05, 3.63) is 65.9 Å². The molecule has 1 amide bonds. The molecule has 27 heavy (non-hydrogen) atoms. The van der Waals surface area contributed by atoms with Crippen LogP contribution in [0.4, 0.5) is 5.69 Å². The Morgan fingerprint density at radius 3 is 2.63 bits per heavy atom. The van der Waals surface area contributed by atoms with Gasteiger partial charge in [-0.1, -0.05) is 35.9 Å². The largest absolute Gasteiger partial charge is 0.457 e. The molecule has 2 aromatic carbocycles. The third-order valence-electron chi connectivity index (χ3n) is 3.96. The predicted molar refractivity (Wildman–Crippen MR) is 108 cm³/mol. The Morgan fingerprint density at radius 2 is 1.89 bits per heavy atom. The molecule has 1 N–H and O–H groups in total. The number of esters is 1. The minimum Gasteiger partial charge on any atom is -0.457 e. The van der Waals surface area contributed by atoms with E-state index in [0.29, 0.717) is 5.76 Å². The molecule has 140 valence electrons. The smallest absolute Gasteiger partial charge is 0.319 e. The lowest BCUT2D eigenvalue weighted by Gasteiger charge is -2.11. The van der Waals surface area contributed by atoms with Gasteiger partial charge in [0.2, 0.25) is 5.91 Å². The van der Waals surface area contributed by atoms with Crippen molar-refractivity contribution in [3.63, 3.8) is 0 Å². The van der Waals surface area contributed by atoms with E-state index in [1.807, 2.05) is 61.5 Å². The van der Waals surface area contributed by atoms with Crippen LogP contribution in [0.25, 0.3) is 11.0 Å². The van der Waals surface area contributed by atoms with Gasteiger partial charge in [-0.05, 0) is 38.1 Å². The van der Waals surface area contributed by atoms with Gasteiger partial charge < -0.3 is 14.5 Å². The number of thioether (sulfide) groups is 1.